The van der Waals surface area contributed by atoms with Gasteiger partial charge >= 0.3 is 87.7 Å². The largest absolute Gasteiger partial charge is 3.00 e. The number of carbonyl (C=O) groups is 9. The fourth-order valence-corrected chi connectivity index (χ4v) is 5.25. The van der Waals surface area contributed by atoms with Crippen molar-refractivity contribution >= 4 is 53.5 Å². The van der Waals surface area contributed by atoms with Gasteiger partial charge in [0.05, 0.1) is 52.4 Å². The first-order valence-corrected chi connectivity index (χ1v) is 16.8. The first kappa shape index (κ1) is 62.3. The summed E-state index contributed by atoms with van der Waals surface area (Å²) in [5.41, 5.74) is 0. The second-order valence-electron chi connectivity index (χ2n) is 12.5. The summed E-state index contributed by atoms with van der Waals surface area (Å²) < 4.78 is 0. The van der Waals surface area contributed by atoms with Crippen molar-refractivity contribution in [3.05, 3.63) is 6.92 Å². The first-order chi connectivity index (χ1) is 25.6. The van der Waals surface area contributed by atoms with Crippen molar-refractivity contribution in [1.82, 2.24) is 34.3 Å². The molecule has 335 valence electrons. The predicted octanol–water partition coefficient (Wildman–Crippen LogP) is -5.74. The Balaban J connectivity index is -0.000000478. The summed E-state index contributed by atoms with van der Waals surface area (Å²) in [7, 11) is 0. The molecule has 0 saturated carbocycles. The smallest absolute Gasteiger partial charge is 0.480 e. The molecular formula is C31H55Gd2N7O18+3. The maximum atomic E-state index is 11.4. The Kier molecular flexibility index (Phi) is 38.0. The van der Waals surface area contributed by atoms with E-state index in [2.05, 4.69) is 6.92 Å². The van der Waals surface area contributed by atoms with Crippen LogP contribution in [0.2, 0.25) is 0 Å². The van der Waals surface area contributed by atoms with Crippen LogP contribution in [0.3, 0.4) is 0 Å². The molecule has 1 radical (unpaired) electrons. The molecule has 1 heterocycles. The van der Waals surface area contributed by atoms with Gasteiger partial charge in [-0.1, -0.05) is 0 Å². The van der Waals surface area contributed by atoms with Gasteiger partial charge in [0.1, 0.15) is 0 Å². The molecule has 0 aromatic heterocycles. The van der Waals surface area contributed by atoms with Gasteiger partial charge in [-0.3, -0.25) is 72.7 Å². The average molecular weight is 1130 g/mol. The van der Waals surface area contributed by atoms with Crippen molar-refractivity contribution in [3.8, 4) is 0 Å². The molecule has 1 aliphatic rings. The van der Waals surface area contributed by atoms with E-state index in [-0.39, 0.29) is 143 Å². The zero-order chi connectivity index (χ0) is 42.1. The number of nitrogens with zero attached hydrogens (tertiary/aromatic N) is 7. The molecule has 0 spiro atoms. The minimum atomic E-state index is -1.24. The number of Topliss-reactive ketones (excluding diaryl/α,β-unsaturated/α-hetero) is 1. The Morgan fingerprint density at radius 2 is 0.569 bits per heavy atom. The van der Waals surface area contributed by atoms with Crippen LogP contribution in [0.4, 0.5) is 0 Å². The molecule has 0 unspecified atom stereocenters. The van der Waals surface area contributed by atoms with Crippen LogP contribution in [0.1, 0.15) is 0 Å². The van der Waals surface area contributed by atoms with Crippen molar-refractivity contribution in [2.75, 3.05) is 137 Å². The number of carbonyl (C=O) groups excluding carboxylic acids is 1. The van der Waals surface area contributed by atoms with Gasteiger partial charge in [-0.2, -0.15) is 0 Å². The van der Waals surface area contributed by atoms with Crippen LogP contribution in [-0.2, 0) is 48.6 Å². The molecular weight excluding hydrogens is 1070 g/mol. The summed E-state index contributed by atoms with van der Waals surface area (Å²) in [6.07, 6.45) is 0. The number of hydrogen-bond donors (Lipinski definition) is 8. The fraction of sp³-hybridized carbons (Fsp3) is 0.677. The molecule has 1 aliphatic heterocycles. The van der Waals surface area contributed by atoms with E-state index in [0.717, 1.165) is 9.80 Å². The van der Waals surface area contributed by atoms with E-state index < -0.39 is 80.5 Å². The summed E-state index contributed by atoms with van der Waals surface area (Å²) in [5, 5.41) is 71.4. The molecule has 0 bridgehead atoms. The molecule has 1 rings (SSSR count). The number of ketones is 1. The number of carboxylic acids is 8. The van der Waals surface area contributed by atoms with Crippen LogP contribution >= 0.6 is 0 Å². The topological polar surface area (TPSA) is 371 Å². The number of aliphatic carboxylic acids is 8. The number of rotatable bonds is 24. The minimum Gasteiger partial charge on any atom is -0.480 e. The maximum absolute atomic E-state index is 11.4. The molecule has 1 fully saturated rings. The second kappa shape index (κ2) is 35.4. The molecule has 11 N–H and O–H groups in total. The first-order valence-electron chi connectivity index (χ1n) is 16.8. The van der Waals surface area contributed by atoms with Crippen molar-refractivity contribution in [2.45, 2.75) is 0 Å². The summed E-state index contributed by atoms with van der Waals surface area (Å²) in [6.45, 7) is 3.19. The van der Waals surface area contributed by atoms with Gasteiger partial charge in [-0.15, -0.1) is 0 Å². The summed E-state index contributed by atoms with van der Waals surface area (Å²) >= 11 is 0. The van der Waals surface area contributed by atoms with E-state index in [1.165, 1.54) is 4.90 Å². The van der Waals surface area contributed by atoms with Crippen molar-refractivity contribution in [2.24, 2.45) is 0 Å². The fourth-order valence-electron chi connectivity index (χ4n) is 5.25. The monoisotopic (exact) mass is 1130 g/mol. The van der Waals surface area contributed by atoms with Crippen LogP contribution in [0.5, 0.6) is 0 Å². The Morgan fingerprint density at radius 3 is 0.759 bits per heavy atom. The van der Waals surface area contributed by atoms with E-state index in [4.69, 9.17) is 40.9 Å². The van der Waals surface area contributed by atoms with E-state index >= 15 is 0 Å². The number of carboxylic acid groups (broad SMARTS) is 8. The van der Waals surface area contributed by atoms with E-state index in [1.807, 2.05) is 4.90 Å². The molecule has 0 aromatic rings. The normalized spacial score (nSPS) is 14.5. The van der Waals surface area contributed by atoms with Crippen LogP contribution in [0, 0.1) is 86.8 Å². The van der Waals surface area contributed by atoms with Gasteiger partial charge in [0, 0.05) is 131 Å². The van der Waals surface area contributed by atoms with Crippen LogP contribution in [-0.4, -0.2) is 266 Å². The van der Waals surface area contributed by atoms with Gasteiger partial charge < -0.3 is 58.0 Å². The standard InChI is InChI=1S/C17H29N4O7.C14H23N3O10.2Gd.H2O/c1-14(22)10-18-2-4-19(11-15(23)24)6-8-21(13-17(27)28)9-7-20(5-3-18)12-16(25)26;18-10(19)5-15(1-3-16(6-11(20)21)7-12(22)23)2-4-17(8-13(24)25)9-14(26)27;;;/h1-13H2,(H,23,24)(H,25,26)(H,27,28);1-9H2,(H,18,19)(H,20,21)(H,22,23)(H,24,25)(H,26,27);;;1H2/q-1;;;+3;/p+1. The van der Waals surface area contributed by atoms with Gasteiger partial charge in [-0.25, -0.2) is 0 Å². The van der Waals surface area contributed by atoms with Crippen molar-refractivity contribution in [1.29, 1.82) is 0 Å². The molecule has 0 amide bonds. The third kappa shape index (κ3) is 36.7. The van der Waals surface area contributed by atoms with Gasteiger partial charge in [0.2, 0.25) is 0 Å². The quantitative estimate of drug-likeness (QED) is 0.0330. The van der Waals surface area contributed by atoms with Crippen LogP contribution in [0.25, 0.3) is 0 Å². The van der Waals surface area contributed by atoms with E-state index in [1.54, 1.807) is 14.7 Å². The van der Waals surface area contributed by atoms with Crippen LogP contribution < -0.4 is 0 Å². The van der Waals surface area contributed by atoms with Crippen LogP contribution in [0.15, 0.2) is 0 Å². The molecule has 25 nitrogen and oxygen atoms in total. The van der Waals surface area contributed by atoms with Gasteiger partial charge in [0.25, 0.3) is 0 Å². The molecule has 0 aliphatic carbocycles. The SMILES string of the molecule is O=C(O)CN(CCN(CC(=O)O)CC(=O)O)CCN(CC(=O)O)CC(=O)O.[CH2-]C(=O)CN1CCN(CC(=O)O)CCN(CC(=O)O)CCN(CC(=O)O)CC1.[Gd+3].[Gd].[OH3+]. The summed E-state index contributed by atoms with van der Waals surface area (Å²) in [4.78, 5) is 109. The zero-order valence-electron chi connectivity index (χ0n) is 31.7. The Labute approximate surface area is 398 Å². The zero-order valence-corrected chi connectivity index (χ0v) is 36.3. The molecule has 1 saturated heterocycles. The van der Waals surface area contributed by atoms with Crippen molar-refractivity contribution < 1.29 is 169 Å². The Hall–Kier alpha value is -2.37. The van der Waals surface area contributed by atoms with Gasteiger partial charge in [0.15, 0.2) is 0 Å². The molecule has 0 aromatic carbocycles. The third-order valence-corrected chi connectivity index (χ3v) is 7.67. The maximum Gasteiger partial charge on any atom is 3.00 e. The minimum absolute atomic E-state index is 0. The number of hydrogen-bond acceptors (Lipinski definition) is 16. The Bertz CT molecular complexity index is 1130. The Morgan fingerprint density at radius 1 is 0.379 bits per heavy atom. The van der Waals surface area contributed by atoms with E-state index in [9.17, 15) is 43.2 Å². The molecule has 0 atom stereocenters. The predicted molar refractivity (Wildman–Crippen MR) is 191 cm³/mol. The molecule has 58 heavy (non-hydrogen) atoms. The average Bonchev–Trinajstić information content (AvgIpc) is 3.01. The van der Waals surface area contributed by atoms with Crippen molar-refractivity contribution in [3.63, 3.8) is 0 Å². The molecule has 27 heteroatoms. The second-order valence-corrected chi connectivity index (χ2v) is 12.5. The summed E-state index contributed by atoms with van der Waals surface area (Å²) in [5.74, 6) is -9.39. The third-order valence-electron chi connectivity index (χ3n) is 7.67. The van der Waals surface area contributed by atoms with E-state index in [0.29, 0.717) is 52.4 Å². The summed E-state index contributed by atoms with van der Waals surface area (Å²) in [6, 6.07) is 0. The van der Waals surface area contributed by atoms with Gasteiger partial charge in [-0.05, 0) is 0 Å².